The van der Waals surface area contributed by atoms with Crippen LogP contribution in [-0.4, -0.2) is 17.9 Å². The number of carbonyl (C=O) groups excluding carboxylic acids is 2. The molecule has 0 heterocycles. The van der Waals surface area contributed by atoms with Gasteiger partial charge in [-0.15, -0.1) is 0 Å². The van der Waals surface area contributed by atoms with E-state index in [1.54, 1.807) is 0 Å². The van der Waals surface area contributed by atoms with Crippen molar-refractivity contribution in [2.45, 2.75) is 124 Å². The van der Waals surface area contributed by atoms with Crippen LogP contribution >= 0.6 is 0 Å². The number of fused-ring (bicyclic) bond motifs is 5. The van der Waals surface area contributed by atoms with E-state index in [0.717, 1.165) is 49.9 Å². The van der Waals surface area contributed by atoms with Crippen molar-refractivity contribution >= 4 is 11.8 Å². The van der Waals surface area contributed by atoms with Crippen molar-refractivity contribution in [3.05, 3.63) is 0 Å². The van der Waals surface area contributed by atoms with Crippen LogP contribution in [0.1, 0.15) is 118 Å². The molecule has 0 spiro atoms. The summed E-state index contributed by atoms with van der Waals surface area (Å²) in [5, 5.41) is 0. The third-order valence-corrected chi connectivity index (χ3v) is 10.6. The predicted octanol–water partition coefficient (Wildman–Crippen LogP) is 7.12. The van der Waals surface area contributed by atoms with Gasteiger partial charge in [0.15, 0.2) is 0 Å². The molecule has 0 aromatic carbocycles. The Balaban J connectivity index is 1.37. The molecule has 4 fully saturated rings. The second-order valence-corrected chi connectivity index (χ2v) is 12.1. The van der Waals surface area contributed by atoms with E-state index in [4.69, 9.17) is 4.74 Å². The number of ether oxygens (including phenoxy) is 1. The lowest BCUT2D eigenvalue weighted by atomic mass is 9.44. The Morgan fingerprint density at radius 2 is 1.61 bits per heavy atom. The van der Waals surface area contributed by atoms with Gasteiger partial charge in [-0.1, -0.05) is 40.0 Å². The molecule has 3 nitrogen and oxygen atoms in total. The minimum absolute atomic E-state index is 0.0352. The van der Waals surface area contributed by atoms with Gasteiger partial charge in [-0.3, -0.25) is 9.59 Å². The molecule has 4 rings (SSSR count). The maximum absolute atomic E-state index is 12.3. The molecule has 176 valence electrons. The molecular weight excluding hydrogens is 384 g/mol. The number of ketones is 1. The number of carbonyl (C=O) groups is 2. The number of hydrogen-bond acceptors (Lipinski definition) is 3. The quantitative estimate of drug-likeness (QED) is 0.319. The van der Waals surface area contributed by atoms with Crippen LogP contribution in [0.5, 0.6) is 0 Å². The highest BCUT2D eigenvalue weighted by Gasteiger charge is 2.60. The minimum Gasteiger partial charge on any atom is -0.462 e. The lowest BCUT2D eigenvalue weighted by molar-refractivity contribution is -0.163. The van der Waals surface area contributed by atoms with E-state index in [2.05, 4.69) is 20.8 Å². The van der Waals surface area contributed by atoms with Crippen molar-refractivity contribution < 1.29 is 14.3 Å². The van der Waals surface area contributed by atoms with E-state index in [0.29, 0.717) is 29.5 Å². The van der Waals surface area contributed by atoms with E-state index in [-0.39, 0.29) is 17.5 Å². The summed E-state index contributed by atoms with van der Waals surface area (Å²) in [5.41, 5.74) is 0.656. The summed E-state index contributed by atoms with van der Waals surface area (Å²) in [6.07, 6.45) is 16.2. The molecule has 8 atom stereocenters. The molecule has 0 N–H and O–H groups in total. The van der Waals surface area contributed by atoms with Crippen molar-refractivity contribution in [3.63, 3.8) is 0 Å². The molecule has 0 aromatic heterocycles. The Bertz CT molecular complexity index is 671. The summed E-state index contributed by atoms with van der Waals surface area (Å²) in [7, 11) is 0. The van der Waals surface area contributed by atoms with E-state index in [1.807, 2.05) is 6.92 Å². The lowest BCUT2D eigenvalue weighted by Gasteiger charge is -2.61. The third kappa shape index (κ3) is 4.24. The number of Topliss-reactive ketones (excluding diaryl/α,β-unsaturated/α-hetero) is 1. The van der Waals surface area contributed by atoms with Crippen LogP contribution in [0.25, 0.3) is 0 Å². The summed E-state index contributed by atoms with van der Waals surface area (Å²) >= 11 is 0. The van der Waals surface area contributed by atoms with Crippen LogP contribution in [-0.2, 0) is 14.3 Å². The summed E-state index contributed by atoms with van der Waals surface area (Å²) in [6, 6.07) is 0. The molecule has 0 unspecified atom stereocenters. The molecule has 4 aliphatic carbocycles. The highest BCUT2D eigenvalue weighted by molar-refractivity contribution is 5.79. The Kier molecular flexibility index (Phi) is 6.90. The summed E-state index contributed by atoms with van der Waals surface area (Å²) in [5.74, 6) is 3.83. The third-order valence-electron chi connectivity index (χ3n) is 10.6. The number of esters is 1. The standard InChI is InChI=1S/C28H46O3/c1-5-6-7-8-9-26(30)31-21-14-16-27(3)20(18-21)10-11-22-24-13-12-23(19(2)29)28(24,4)17-15-25(22)27/h20-25H,5-18H2,1-4H3/t20-,21+,22-,23+,24-,25-,27-,28+/m0/s1. The average molecular weight is 431 g/mol. The van der Waals surface area contributed by atoms with Gasteiger partial charge in [0.2, 0.25) is 0 Å². The van der Waals surface area contributed by atoms with Gasteiger partial charge < -0.3 is 4.74 Å². The van der Waals surface area contributed by atoms with E-state index in [9.17, 15) is 9.59 Å². The van der Waals surface area contributed by atoms with Crippen molar-refractivity contribution in [2.75, 3.05) is 0 Å². The van der Waals surface area contributed by atoms with Gasteiger partial charge in [0.1, 0.15) is 11.9 Å². The molecule has 3 heteroatoms. The van der Waals surface area contributed by atoms with Gasteiger partial charge in [-0.25, -0.2) is 0 Å². The zero-order valence-electron chi connectivity index (χ0n) is 20.6. The minimum atomic E-state index is 0.0352. The fourth-order valence-corrected chi connectivity index (χ4v) is 8.93. The first kappa shape index (κ1) is 23.3. The molecular formula is C28H46O3. The Hall–Kier alpha value is -0.860. The smallest absolute Gasteiger partial charge is 0.306 e. The molecule has 0 aliphatic heterocycles. The summed E-state index contributed by atoms with van der Waals surface area (Å²) in [6.45, 7) is 9.04. The highest BCUT2D eigenvalue weighted by atomic mass is 16.5. The van der Waals surface area contributed by atoms with Crippen LogP contribution in [0.4, 0.5) is 0 Å². The van der Waals surface area contributed by atoms with Crippen molar-refractivity contribution in [2.24, 2.45) is 40.4 Å². The first-order valence-electron chi connectivity index (χ1n) is 13.5. The maximum atomic E-state index is 12.3. The Morgan fingerprint density at radius 1 is 0.871 bits per heavy atom. The van der Waals surface area contributed by atoms with Crippen LogP contribution in [0, 0.1) is 40.4 Å². The van der Waals surface area contributed by atoms with E-state index >= 15 is 0 Å². The summed E-state index contributed by atoms with van der Waals surface area (Å²) in [4.78, 5) is 24.7. The van der Waals surface area contributed by atoms with Crippen LogP contribution in [0.2, 0.25) is 0 Å². The van der Waals surface area contributed by atoms with E-state index < -0.39 is 0 Å². The average Bonchev–Trinajstić information content (AvgIpc) is 3.09. The monoisotopic (exact) mass is 430 g/mol. The van der Waals surface area contributed by atoms with Crippen LogP contribution in [0.15, 0.2) is 0 Å². The SMILES string of the molecule is CCCCCCC(=O)O[C@@H]1CC[C@@]2(C)[C@@H](CC[C@@H]3[C@@H]2CC[C@]2(C)[C@@H](C(C)=O)CC[C@@H]32)C1. The van der Waals surface area contributed by atoms with Gasteiger partial charge in [-0.05, 0) is 106 Å². The lowest BCUT2D eigenvalue weighted by Crippen LogP contribution is -2.54. The fraction of sp³-hybridized carbons (Fsp3) is 0.929. The highest BCUT2D eigenvalue weighted by Crippen LogP contribution is 2.67. The number of unbranched alkanes of at least 4 members (excludes halogenated alkanes) is 3. The first-order valence-corrected chi connectivity index (χ1v) is 13.5. The van der Waals surface area contributed by atoms with Crippen LogP contribution < -0.4 is 0 Å². The molecule has 0 radical (unpaired) electrons. The maximum Gasteiger partial charge on any atom is 0.306 e. The zero-order valence-corrected chi connectivity index (χ0v) is 20.6. The molecule has 4 saturated carbocycles. The predicted molar refractivity (Wildman–Crippen MR) is 125 cm³/mol. The van der Waals surface area contributed by atoms with Gasteiger partial charge in [0.05, 0.1) is 0 Å². The molecule has 4 aliphatic rings. The number of hydrogen-bond donors (Lipinski definition) is 0. The van der Waals surface area contributed by atoms with Crippen molar-refractivity contribution in [1.82, 2.24) is 0 Å². The first-order chi connectivity index (χ1) is 14.8. The number of rotatable bonds is 7. The Labute approximate surface area is 190 Å². The van der Waals surface area contributed by atoms with Gasteiger partial charge in [0, 0.05) is 12.3 Å². The normalized spacial score (nSPS) is 44.1. The zero-order chi connectivity index (χ0) is 22.2. The second-order valence-electron chi connectivity index (χ2n) is 12.1. The van der Waals surface area contributed by atoms with E-state index in [1.165, 1.54) is 51.4 Å². The second kappa shape index (κ2) is 9.18. The van der Waals surface area contributed by atoms with Gasteiger partial charge in [-0.2, -0.15) is 0 Å². The van der Waals surface area contributed by atoms with Gasteiger partial charge in [0.25, 0.3) is 0 Å². The fourth-order valence-electron chi connectivity index (χ4n) is 8.93. The largest absolute Gasteiger partial charge is 0.462 e. The summed E-state index contributed by atoms with van der Waals surface area (Å²) < 4.78 is 5.95. The molecule has 0 amide bonds. The molecule has 31 heavy (non-hydrogen) atoms. The topological polar surface area (TPSA) is 43.4 Å². The van der Waals surface area contributed by atoms with Crippen LogP contribution in [0.3, 0.4) is 0 Å². The Morgan fingerprint density at radius 3 is 2.35 bits per heavy atom. The van der Waals surface area contributed by atoms with Crippen molar-refractivity contribution in [1.29, 1.82) is 0 Å². The molecule has 0 aromatic rings. The van der Waals surface area contributed by atoms with Gasteiger partial charge >= 0.3 is 5.97 Å². The molecule has 0 bridgehead atoms. The molecule has 0 saturated heterocycles. The van der Waals surface area contributed by atoms with Crippen molar-refractivity contribution in [3.8, 4) is 0 Å².